The molecule has 1 aromatic carbocycles. The van der Waals surface area contributed by atoms with Gasteiger partial charge < -0.3 is 15.2 Å². The molecule has 12 heteroatoms. The van der Waals surface area contributed by atoms with E-state index < -0.39 is 5.92 Å². The third-order valence-electron chi connectivity index (χ3n) is 6.41. The van der Waals surface area contributed by atoms with E-state index in [1.807, 2.05) is 18.2 Å². The summed E-state index contributed by atoms with van der Waals surface area (Å²) in [5, 5.41) is 13.6. The summed E-state index contributed by atoms with van der Waals surface area (Å²) in [4.78, 5) is 9.02. The number of halogens is 2. The van der Waals surface area contributed by atoms with Gasteiger partial charge in [-0.25, -0.2) is 23.4 Å². The van der Waals surface area contributed by atoms with Crippen LogP contribution in [0, 0.1) is 0 Å². The monoisotopic (exact) mass is 456 g/mol. The zero-order valence-corrected chi connectivity index (χ0v) is 17.9. The first-order valence-corrected chi connectivity index (χ1v) is 10.8. The highest BCUT2D eigenvalue weighted by Gasteiger charge is 2.48. The molecule has 1 fully saturated rings. The van der Waals surface area contributed by atoms with Gasteiger partial charge in [-0.05, 0) is 25.0 Å². The highest BCUT2D eigenvalue weighted by molar-refractivity contribution is 5.95. The Morgan fingerprint density at radius 2 is 2.09 bits per heavy atom. The van der Waals surface area contributed by atoms with E-state index in [9.17, 15) is 8.78 Å². The molecule has 1 atom stereocenters. The standard InChI is InChI=1S/C21H22F2N8O2/c1-32-16-4-2-3-13-18(16)26-20(24)31-19(13)25-17(28-31)10-33-12-5-6-15-14(7-12)27-29-30(15)11-8-21(22,23)9-11/h2-4,11-12H,5-10H2,1H3,(H2,24,26)/t12-/m0/s1. The van der Waals surface area contributed by atoms with E-state index in [4.69, 9.17) is 15.2 Å². The van der Waals surface area contributed by atoms with Crippen molar-refractivity contribution < 1.29 is 18.3 Å². The summed E-state index contributed by atoms with van der Waals surface area (Å²) in [5.74, 6) is -1.27. The van der Waals surface area contributed by atoms with E-state index in [0.717, 1.165) is 23.2 Å². The first kappa shape index (κ1) is 20.2. The molecule has 1 saturated carbocycles. The molecule has 0 bridgehead atoms. The molecule has 0 aliphatic heterocycles. The number of benzene rings is 1. The van der Waals surface area contributed by atoms with Crippen molar-refractivity contribution in [1.82, 2.24) is 34.6 Å². The largest absolute Gasteiger partial charge is 0.494 e. The number of hydrogen-bond donors (Lipinski definition) is 1. The van der Waals surface area contributed by atoms with Gasteiger partial charge >= 0.3 is 0 Å². The Labute approximate surface area is 186 Å². The second-order valence-corrected chi connectivity index (χ2v) is 8.61. The maximum absolute atomic E-state index is 13.2. The highest BCUT2D eigenvalue weighted by atomic mass is 19.3. The van der Waals surface area contributed by atoms with Crippen molar-refractivity contribution in [3.63, 3.8) is 0 Å². The summed E-state index contributed by atoms with van der Waals surface area (Å²) in [6.45, 7) is 0.204. The van der Waals surface area contributed by atoms with E-state index >= 15 is 0 Å². The summed E-state index contributed by atoms with van der Waals surface area (Å²) in [6, 6.07) is 5.31. The molecule has 2 N–H and O–H groups in total. The van der Waals surface area contributed by atoms with Crippen LogP contribution in [0.2, 0.25) is 0 Å². The predicted molar refractivity (Wildman–Crippen MR) is 113 cm³/mol. The summed E-state index contributed by atoms with van der Waals surface area (Å²) in [7, 11) is 1.58. The first-order valence-electron chi connectivity index (χ1n) is 10.8. The summed E-state index contributed by atoms with van der Waals surface area (Å²) >= 11 is 0. The quantitative estimate of drug-likeness (QED) is 0.487. The zero-order valence-electron chi connectivity index (χ0n) is 17.9. The number of aromatic nitrogens is 7. The normalized spacial score (nSPS) is 20.2. The number of hydrogen-bond acceptors (Lipinski definition) is 8. The molecule has 0 unspecified atom stereocenters. The van der Waals surface area contributed by atoms with Crippen LogP contribution in [-0.4, -0.2) is 53.7 Å². The molecule has 10 nitrogen and oxygen atoms in total. The van der Waals surface area contributed by atoms with Gasteiger partial charge in [0.25, 0.3) is 5.92 Å². The predicted octanol–water partition coefficient (Wildman–Crippen LogP) is 2.50. The van der Waals surface area contributed by atoms with Gasteiger partial charge in [-0.2, -0.15) is 4.52 Å². The molecule has 33 heavy (non-hydrogen) atoms. The molecule has 0 radical (unpaired) electrons. The fourth-order valence-electron chi connectivity index (χ4n) is 4.70. The van der Waals surface area contributed by atoms with Crippen LogP contribution in [0.15, 0.2) is 18.2 Å². The summed E-state index contributed by atoms with van der Waals surface area (Å²) < 4.78 is 41.1. The van der Waals surface area contributed by atoms with Crippen LogP contribution in [0.4, 0.5) is 14.7 Å². The summed E-state index contributed by atoms with van der Waals surface area (Å²) in [6.07, 6.45) is 1.61. The van der Waals surface area contributed by atoms with Crippen LogP contribution in [-0.2, 0) is 24.2 Å². The molecule has 4 aromatic rings. The molecule has 0 saturated heterocycles. The molecular weight excluding hydrogens is 434 g/mol. The third-order valence-corrected chi connectivity index (χ3v) is 6.41. The molecule has 2 aliphatic rings. The number of anilines is 1. The van der Waals surface area contributed by atoms with Crippen molar-refractivity contribution in [2.75, 3.05) is 12.8 Å². The number of para-hydroxylation sites is 1. The minimum atomic E-state index is -2.58. The lowest BCUT2D eigenvalue weighted by Gasteiger charge is -2.36. The smallest absolute Gasteiger partial charge is 0.252 e. The SMILES string of the molecule is COc1cccc2c1nc(N)n1nc(CO[C@H]3CCc4c(nnn4C4CC(F)(F)C4)C3)nc21. The Bertz CT molecular complexity index is 1360. The summed E-state index contributed by atoms with van der Waals surface area (Å²) in [5.41, 5.74) is 9.07. The van der Waals surface area contributed by atoms with Gasteiger partial charge in [0.05, 0.1) is 30.6 Å². The van der Waals surface area contributed by atoms with Gasteiger partial charge in [-0.3, -0.25) is 0 Å². The molecule has 2 aliphatic carbocycles. The van der Waals surface area contributed by atoms with E-state index in [-0.39, 0.29) is 37.5 Å². The van der Waals surface area contributed by atoms with Crippen molar-refractivity contribution >= 4 is 22.5 Å². The molecule has 3 heterocycles. The zero-order chi connectivity index (χ0) is 22.7. The Morgan fingerprint density at radius 1 is 1.24 bits per heavy atom. The van der Waals surface area contributed by atoms with Crippen molar-refractivity contribution in [1.29, 1.82) is 0 Å². The fraction of sp³-hybridized carbons (Fsp3) is 0.476. The van der Waals surface area contributed by atoms with Crippen LogP contribution in [0.3, 0.4) is 0 Å². The Kier molecular flexibility index (Phi) is 4.47. The maximum atomic E-state index is 13.2. The lowest BCUT2D eigenvalue weighted by Crippen LogP contribution is -2.38. The molecule has 3 aromatic heterocycles. The van der Waals surface area contributed by atoms with Crippen LogP contribution in [0.25, 0.3) is 16.6 Å². The Hall–Kier alpha value is -3.41. The second-order valence-electron chi connectivity index (χ2n) is 8.61. The number of nitrogen functional groups attached to an aromatic ring is 1. The van der Waals surface area contributed by atoms with Gasteiger partial charge in [0.1, 0.15) is 17.9 Å². The minimum absolute atomic E-state index is 0.0793. The van der Waals surface area contributed by atoms with E-state index in [1.54, 1.807) is 11.8 Å². The van der Waals surface area contributed by atoms with E-state index in [2.05, 4.69) is 25.4 Å². The first-order chi connectivity index (χ1) is 15.9. The van der Waals surface area contributed by atoms with E-state index in [1.165, 1.54) is 4.52 Å². The number of nitrogens with two attached hydrogens (primary N) is 1. The van der Waals surface area contributed by atoms with Crippen LogP contribution in [0.5, 0.6) is 5.75 Å². The van der Waals surface area contributed by atoms with Crippen molar-refractivity contribution in [2.45, 2.75) is 56.8 Å². The van der Waals surface area contributed by atoms with Crippen LogP contribution >= 0.6 is 0 Å². The number of ether oxygens (including phenoxy) is 2. The highest BCUT2D eigenvalue weighted by Crippen LogP contribution is 2.46. The third kappa shape index (κ3) is 3.36. The van der Waals surface area contributed by atoms with Crippen molar-refractivity contribution in [3.8, 4) is 5.75 Å². The second kappa shape index (κ2) is 7.30. The van der Waals surface area contributed by atoms with Crippen molar-refractivity contribution in [3.05, 3.63) is 35.4 Å². The van der Waals surface area contributed by atoms with Gasteiger partial charge in [0.15, 0.2) is 11.5 Å². The molecule has 172 valence electrons. The topological polar surface area (TPSA) is 118 Å². The number of fused-ring (bicyclic) bond motifs is 4. The lowest BCUT2D eigenvalue weighted by atomic mass is 9.87. The number of methoxy groups -OCH3 is 1. The molecule has 6 rings (SSSR count). The van der Waals surface area contributed by atoms with Gasteiger partial charge in [0.2, 0.25) is 5.95 Å². The van der Waals surface area contributed by atoms with Gasteiger partial charge in [-0.15, -0.1) is 10.2 Å². The van der Waals surface area contributed by atoms with Crippen LogP contribution < -0.4 is 10.5 Å². The minimum Gasteiger partial charge on any atom is -0.494 e. The molecule has 0 spiro atoms. The fourth-order valence-corrected chi connectivity index (χ4v) is 4.70. The molecule has 0 amide bonds. The van der Waals surface area contributed by atoms with E-state index in [0.29, 0.717) is 35.6 Å². The average Bonchev–Trinajstić information content (AvgIpc) is 3.40. The number of nitrogens with zero attached hydrogens (tertiary/aromatic N) is 7. The van der Waals surface area contributed by atoms with Gasteiger partial charge in [-0.1, -0.05) is 11.3 Å². The average molecular weight is 456 g/mol. The Morgan fingerprint density at radius 3 is 2.88 bits per heavy atom. The Balaban J connectivity index is 1.18. The van der Waals surface area contributed by atoms with Crippen LogP contribution in [0.1, 0.15) is 42.5 Å². The van der Waals surface area contributed by atoms with Gasteiger partial charge in [0, 0.05) is 24.6 Å². The lowest BCUT2D eigenvalue weighted by molar-refractivity contribution is -0.108. The van der Waals surface area contributed by atoms with Crippen molar-refractivity contribution in [2.24, 2.45) is 0 Å². The maximum Gasteiger partial charge on any atom is 0.252 e. The number of alkyl halides is 2. The molecular formula is C21H22F2N8O2. The number of rotatable bonds is 5.